The third-order valence-electron chi connectivity index (χ3n) is 3.06. The molecule has 8 nitrogen and oxygen atoms in total. The number of aryl methyl sites for hydroxylation is 1. The van der Waals surface area contributed by atoms with E-state index in [9.17, 15) is 13.7 Å². The number of rotatable bonds is 4. The first-order chi connectivity index (χ1) is 11.0. The summed E-state index contributed by atoms with van der Waals surface area (Å²) in [6.07, 6.45) is 0. The second-order valence-corrected chi connectivity index (χ2v) is 8.62. The highest BCUT2D eigenvalue weighted by molar-refractivity contribution is 7.89. The lowest BCUT2D eigenvalue weighted by Crippen LogP contribution is -2.26. The van der Waals surface area contributed by atoms with Crippen LogP contribution in [-0.2, 0) is 10.0 Å². The van der Waals surface area contributed by atoms with Crippen molar-refractivity contribution < 1.29 is 17.3 Å². The van der Waals surface area contributed by atoms with E-state index in [-0.39, 0.29) is 39.4 Å². The van der Waals surface area contributed by atoms with Gasteiger partial charge in [-0.15, -0.1) is 0 Å². The first-order valence-corrected chi connectivity index (χ1v) is 8.62. The monoisotopic (exact) mass is 352 g/mol. The van der Waals surface area contributed by atoms with Crippen molar-refractivity contribution in [2.75, 3.05) is 19.4 Å². The predicted molar refractivity (Wildman–Crippen MR) is 87.9 cm³/mol. The van der Waals surface area contributed by atoms with Crippen molar-refractivity contribution in [3.05, 3.63) is 17.5 Å². The number of oxazole rings is 1. The van der Waals surface area contributed by atoms with Crippen LogP contribution >= 0.6 is 0 Å². The molecule has 0 unspecified atom stereocenters. The van der Waals surface area contributed by atoms with Crippen LogP contribution in [0.1, 0.15) is 32.2 Å². The number of anilines is 1. The van der Waals surface area contributed by atoms with Gasteiger partial charge in [-0.25, -0.2) is 12.7 Å². The lowest BCUT2D eigenvalue weighted by molar-refractivity contribution is 0.487. The maximum Gasteiger partial charge on any atom is 0.266 e. The normalized spacial score (nSPS) is 12.4. The van der Waals surface area contributed by atoms with Gasteiger partial charge in [0.2, 0.25) is 21.6 Å². The minimum atomic E-state index is -3.64. The molecular formula is C15H20N4O4S. The minimum absolute atomic E-state index is 0.0320. The van der Waals surface area contributed by atoms with Gasteiger partial charge in [-0.3, -0.25) is 0 Å². The Hall–Kier alpha value is -2.31. The van der Waals surface area contributed by atoms with Crippen molar-refractivity contribution in [1.29, 1.82) is 5.26 Å². The summed E-state index contributed by atoms with van der Waals surface area (Å²) in [7, 11) is -0.770. The highest BCUT2D eigenvalue weighted by Gasteiger charge is 2.27. The van der Waals surface area contributed by atoms with Crippen LogP contribution in [0.15, 0.2) is 19.8 Å². The number of nitriles is 1. The van der Waals surface area contributed by atoms with Crippen LogP contribution in [-0.4, -0.2) is 37.3 Å². The largest absolute Gasteiger partial charge is 0.455 e. The Morgan fingerprint density at radius 3 is 2.42 bits per heavy atom. The average Bonchev–Trinajstić information content (AvgIpc) is 3.00. The van der Waals surface area contributed by atoms with Gasteiger partial charge in [-0.1, -0.05) is 0 Å². The van der Waals surface area contributed by atoms with E-state index in [1.54, 1.807) is 6.92 Å². The molecule has 2 aromatic rings. The molecule has 0 aliphatic carbocycles. The summed E-state index contributed by atoms with van der Waals surface area (Å²) in [5, 5.41) is 12.2. The third-order valence-corrected chi connectivity index (χ3v) is 4.99. The van der Waals surface area contributed by atoms with Crippen molar-refractivity contribution >= 4 is 15.9 Å². The molecule has 0 amide bonds. The average molecular weight is 352 g/mol. The summed E-state index contributed by atoms with van der Waals surface area (Å²) in [4.78, 5) is 4.10. The van der Waals surface area contributed by atoms with E-state index < -0.39 is 10.0 Å². The van der Waals surface area contributed by atoms with Crippen LogP contribution in [0.5, 0.6) is 0 Å². The molecule has 0 aliphatic rings. The molecule has 9 heteroatoms. The maximum atomic E-state index is 12.3. The molecule has 0 atom stereocenters. The van der Waals surface area contributed by atoms with Gasteiger partial charge in [0, 0.05) is 25.7 Å². The summed E-state index contributed by atoms with van der Waals surface area (Å²) >= 11 is 0. The summed E-state index contributed by atoms with van der Waals surface area (Å²) in [6, 6.07) is 3.29. The molecule has 0 bridgehead atoms. The van der Waals surface area contributed by atoms with E-state index in [1.807, 2.05) is 26.8 Å². The number of nitrogens with one attached hydrogen (secondary N) is 1. The Morgan fingerprint density at radius 1 is 1.29 bits per heavy atom. The van der Waals surface area contributed by atoms with Crippen LogP contribution in [0.3, 0.4) is 0 Å². The SMILES string of the molecule is Cc1oc(-c2nc(C#N)c(NC(C)(C)C)o2)cc1S(=O)(=O)N(C)C. The number of aromatic nitrogens is 1. The van der Waals surface area contributed by atoms with Crippen LogP contribution < -0.4 is 5.32 Å². The number of furan rings is 1. The fourth-order valence-electron chi connectivity index (χ4n) is 1.95. The quantitative estimate of drug-likeness (QED) is 0.899. The zero-order valence-corrected chi connectivity index (χ0v) is 15.3. The molecule has 24 heavy (non-hydrogen) atoms. The zero-order valence-electron chi connectivity index (χ0n) is 14.5. The summed E-state index contributed by atoms with van der Waals surface area (Å²) in [6.45, 7) is 7.28. The van der Waals surface area contributed by atoms with Gasteiger partial charge in [0.15, 0.2) is 5.76 Å². The van der Waals surface area contributed by atoms with Crippen LogP contribution in [0.2, 0.25) is 0 Å². The van der Waals surface area contributed by atoms with Gasteiger partial charge < -0.3 is 14.2 Å². The molecule has 130 valence electrons. The predicted octanol–water partition coefficient (Wildman–Crippen LogP) is 2.58. The van der Waals surface area contributed by atoms with Gasteiger partial charge >= 0.3 is 0 Å². The fraction of sp³-hybridized carbons (Fsp3) is 0.467. The number of hydrogen-bond acceptors (Lipinski definition) is 7. The molecule has 0 aliphatic heterocycles. The molecule has 0 fully saturated rings. The topological polar surface area (TPSA) is 112 Å². The fourth-order valence-corrected chi connectivity index (χ4v) is 3.00. The Balaban J connectivity index is 2.50. The third kappa shape index (κ3) is 3.44. The molecule has 2 heterocycles. The highest BCUT2D eigenvalue weighted by Crippen LogP contribution is 2.32. The molecule has 0 radical (unpaired) electrons. The van der Waals surface area contributed by atoms with Crippen molar-refractivity contribution in [3.63, 3.8) is 0 Å². The molecule has 0 saturated heterocycles. The van der Waals surface area contributed by atoms with E-state index in [2.05, 4.69) is 10.3 Å². The molecular weight excluding hydrogens is 332 g/mol. The van der Waals surface area contributed by atoms with Gasteiger partial charge in [-0.05, 0) is 27.7 Å². The van der Waals surface area contributed by atoms with E-state index in [0.717, 1.165) is 4.31 Å². The van der Waals surface area contributed by atoms with Crippen molar-refractivity contribution in [1.82, 2.24) is 9.29 Å². The Kier molecular flexibility index (Phi) is 4.48. The van der Waals surface area contributed by atoms with Crippen LogP contribution in [0.25, 0.3) is 11.7 Å². The first-order valence-electron chi connectivity index (χ1n) is 7.18. The lowest BCUT2D eigenvalue weighted by atomic mass is 10.1. The van der Waals surface area contributed by atoms with Gasteiger partial charge in [-0.2, -0.15) is 10.2 Å². The van der Waals surface area contributed by atoms with E-state index in [4.69, 9.17) is 8.83 Å². The van der Waals surface area contributed by atoms with Gasteiger partial charge in [0.1, 0.15) is 16.7 Å². The smallest absolute Gasteiger partial charge is 0.266 e. The highest BCUT2D eigenvalue weighted by atomic mass is 32.2. The molecule has 0 aromatic carbocycles. The number of sulfonamides is 1. The first kappa shape index (κ1) is 18.0. The lowest BCUT2D eigenvalue weighted by Gasteiger charge is -2.19. The van der Waals surface area contributed by atoms with E-state index >= 15 is 0 Å². The van der Waals surface area contributed by atoms with Crippen molar-refractivity contribution in [3.8, 4) is 17.7 Å². The molecule has 2 aromatic heterocycles. The molecule has 1 N–H and O–H groups in total. The van der Waals surface area contributed by atoms with Gasteiger partial charge in [0.05, 0.1) is 0 Å². The number of nitrogens with zero attached hydrogens (tertiary/aromatic N) is 3. The van der Waals surface area contributed by atoms with Crippen LogP contribution in [0.4, 0.5) is 5.88 Å². The number of hydrogen-bond donors (Lipinski definition) is 1. The van der Waals surface area contributed by atoms with Crippen molar-refractivity contribution in [2.24, 2.45) is 0 Å². The standard InChI is InChI=1S/C15H20N4O4S/c1-9-12(24(20,21)19(5)6)7-11(22-9)14-17-10(8-16)13(23-14)18-15(2,3)4/h7,18H,1-6H3. The zero-order chi connectivity index (χ0) is 18.3. The van der Waals surface area contributed by atoms with E-state index in [1.165, 1.54) is 20.2 Å². The molecule has 0 spiro atoms. The minimum Gasteiger partial charge on any atom is -0.455 e. The molecule has 0 saturated carbocycles. The second kappa shape index (κ2) is 5.96. The Labute approximate surface area is 141 Å². The Bertz CT molecular complexity index is 895. The Morgan fingerprint density at radius 2 is 1.92 bits per heavy atom. The van der Waals surface area contributed by atoms with Gasteiger partial charge in [0.25, 0.3) is 5.89 Å². The van der Waals surface area contributed by atoms with E-state index in [0.29, 0.717) is 0 Å². The summed E-state index contributed by atoms with van der Waals surface area (Å²) in [5.74, 6) is 0.625. The maximum absolute atomic E-state index is 12.3. The summed E-state index contributed by atoms with van der Waals surface area (Å²) in [5.41, 5.74) is -0.257. The second-order valence-electron chi connectivity index (χ2n) is 6.50. The van der Waals surface area contributed by atoms with Crippen LogP contribution in [0, 0.1) is 18.3 Å². The molecule has 2 rings (SSSR count). The van der Waals surface area contributed by atoms with Crippen molar-refractivity contribution in [2.45, 2.75) is 38.1 Å². The summed E-state index contributed by atoms with van der Waals surface area (Å²) < 4.78 is 36.7.